The monoisotopic (exact) mass is 369 g/mol. The molecule has 2 N–H and O–H groups in total. The highest BCUT2D eigenvalue weighted by Crippen LogP contribution is 2.47. The van der Waals surface area contributed by atoms with Crippen molar-refractivity contribution in [2.45, 2.75) is 89.8 Å². The Balaban J connectivity index is 1.63. The minimum absolute atomic E-state index is 0.275. The van der Waals surface area contributed by atoms with Crippen molar-refractivity contribution in [1.82, 2.24) is 5.32 Å². The van der Waals surface area contributed by atoms with Crippen molar-refractivity contribution >= 4 is 12.1 Å². The minimum atomic E-state index is -0.703. The van der Waals surface area contributed by atoms with Gasteiger partial charge in [0.15, 0.2) is 0 Å². The van der Waals surface area contributed by atoms with Crippen LogP contribution in [0.1, 0.15) is 77.6 Å². The molecule has 0 aromatic heterocycles. The van der Waals surface area contributed by atoms with Crippen molar-refractivity contribution in [2.24, 2.45) is 11.8 Å². The summed E-state index contributed by atoms with van der Waals surface area (Å²) in [4.78, 5) is 22.2. The molecule has 6 heteroatoms. The van der Waals surface area contributed by atoms with E-state index in [1.165, 1.54) is 0 Å². The molecule has 150 valence electrons. The Morgan fingerprint density at radius 2 is 1.73 bits per heavy atom. The number of carboxylic acid groups (broad SMARTS) is 1. The average molecular weight is 370 g/mol. The average Bonchev–Trinajstić information content (AvgIpc) is 3.20. The zero-order chi connectivity index (χ0) is 18.8. The van der Waals surface area contributed by atoms with Gasteiger partial charge in [0.2, 0.25) is 0 Å². The second kappa shape index (κ2) is 11.4. The number of hydrogen-bond donors (Lipinski definition) is 2. The largest absolute Gasteiger partial charge is 0.481 e. The SMILES string of the molecule is CCCCNC(=O)OCCC1C2CCC(O2)C1CCCCCCC(=O)O. The van der Waals surface area contributed by atoms with Crippen LogP contribution in [0.4, 0.5) is 4.79 Å². The second-order valence-electron chi connectivity index (χ2n) is 7.67. The molecule has 0 aromatic rings. The van der Waals surface area contributed by atoms with E-state index in [0.717, 1.165) is 64.2 Å². The lowest BCUT2D eigenvalue weighted by Crippen LogP contribution is -2.30. The third kappa shape index (κ3) is 6.78. The molecule has 0 radical (unpaired) electrons. The molecule has 4 unspecified atom stereocenters. The van der Waals surface area contributed by atoms with Gasteiger partial charge in [-0.3, -0.25) is 4.79 Å². The summed E-state index contributed by atoms with van der Waals surface area (Å²) in [6.07, 6.45) is 11.0. The zero-order valence-electron chi connectivity index (χ0n) is 16.1. The number of carbonyl (C=O) groups is 2. The predicted molar refractivity (Wildman–Crippen MR) is 99.1 cm³/mol. The second-order valence-corrected chi connectivity index (χ2v) is 7.67. The maximum absolute atomic E-state index is 11.6. The first-order valence-corrected chi connectivity index (χ1v) is 10.4. The van der Waals surface area contributed by atoms with Crippen LogP contribution in [0, 0.1) is 11.8 Å². The van der Waals surface area contributed by atoms with E-state index in [9.17, 15) is 9.59 Å². The van der Waals surface area contributed by atoms with Gasteiger partial charge in [0.05, 0.1) is 18.8 Å². The summed E-state index contributed by atoms with van der Waals surface area (Å²) in [5, 5.41) is 11.5. The van der Waals surface area contributed by atoms with Gasteiger partial charge >= 0.3 is 12.1 Å². The molecule has 2 fully saturated rings. The number of carbonyl (C=O) groups excluding carboxylic acids is 1. The Kier molecular flexibility index (Phi) is 9.23. The molecule has 0 saturated carbocycles. The summed E-state index contributed by atoms with van der Waals surface area (Å²) in [6, 6.07) is 0. The summed E-state index contributed by atoms with van der Waals surface area (Å²) in [5.41, 5.74) is 0. The molecule has 2 saturated heterocycles. The Hall–Kier alpha value is -1.30. The van der Waals surface area contributed by atoms with Crippen LogP contribution < -0.4 is 5.32 Å². The fourth-order valence-electron chi connectivity index (χ4n) is 4.39. The van der Waals surface area contributed by atoms with Gasteiger partial charge in [-0.15, -0.1) is 0 Å². The van der Waals surface area contributed by atoms with Crippen molar-refractivity contribution in [3.8, 4) is 0 Å². The highest BCUT2D eigenvalue weighted by Gasteiger charge is 2.47. The van der Waals surface area contributed by atoms with Gasteiger partial charge in [-0.05, 0) is 50.4 Å². The standard InChI is InChI=1S/C20H35NO5/c1-2-3-13-21-20(24)25-14-12-16-15(17-10-11-18(16)26-17)8-6-4-5-7-9-19(22)23/h15-18H,2-14H2,1H3,(H,21,24)(H,22,23). The summed E-state index contributed by atoms with van der Waals surface area (Å²) in [6.45, 7) is 3.23. The molecule has 26 heavy (non-hydrogen) atoms. The number of aliphatic carboxylic acids is 1. The smallest absolute Gasteiger partial charge is 0.407 e. The Morgan fingerprint density at radius 1 is 1.04 bits per heavy atom. The first kappa shape index (κ1) is 21.0. The molecule has 2 rings (SSSR count). The van der Waals surface area contributed by atoms with E-state index in [4.69, 9.17) is 14.6 Å². The lowest BCUT2D eigenvalue weighted by atomic mass is 9.75. The summed E-state index contributed by atoms with van der Waals surface area (Å²) in [5.74, 6) is 0.362. The Morgan fingerprint density at radius 3 is 2.42 bits per heavy atom. The van der Waals surface area contributed by atoms with Crippen LogP contribution in [-0.4, -0.2) is 42.5 Å². The molecule has 1 amide bonds. The third-order valence-electron chi connectivity index (χ3n) is 5.75. The van der Waals surface area contributed by atoms with E-state index in [1.54, 1.807) is 0 Å². The fourth-order valence-corrected chi connectivity index (χ4v) is 4.39. The minimum Gasteiger partial charge on any atom is -0.481 e. The Bertz CT molecular complexity index is 442. The van der Waals surface area contributed by atoms with Gasteiger partial charge in [-0.1, -0.05) is 32.6 Å². The molecular weight excluding hydrogens is 334 g/mol. The number of fused-ring (bicyclic) bond motifs is 2. The topological polar surface area (TPSA) is 84.9 Å². The van der Waals surface area contributed by atoms with Crippen molar-refractivity contribution in [2.75, 3.05) is 13.2 Å². The number of ether oxygens (including phenoxy) is 2. The van der Waals surface area contributed by atoms with Crippen LogP contribution in [0.3, 0.4) is 0 Å². The Labute approximate surface area is 157 Å². The van der Waals surface area contributed by atoms with Crippen LogP contribution in [0.5, 0.6) is 0 Å². The number of amides is 1. The van der Waals surface area contributed by atoms with Crippen LogP contribution >= 0.6 is 0 Å². The number of hydrogen-bond acceptors (Lipinski definition) is 4. The quantitative estimate of drug-likeness (QED) is 0.477. The van der Waals surface area contributed by atoms with E-state index >= 15 is 0 Å². The van der Waals surface area contributed by atoms with E-state index < -0.39 is 5.97 Å². The highest BCUT2D eigenvalue weighted by molar-refractivity contribution is 5.67. The molecule has 0 spiro atoms. The zero-order valence-corrected chi connectivity index (χ0v) is 16.1. The number of alkyl carbamates (subject to hydrolysis) is 1. The van der Waals surface area contributed by atoms with Crippen molar-refractivity contribution in [3.05, 3.63) is 0 Å². The summed E-state index contributed by atoms with van der Waals surface area (Å²) >= 11 is 0. The molecule has 2 aliphatic rings. The van der Waals surface area contributed by atoms with Gasteiger partial charge in [0.25, 0.3) is 0 Å². The predicted octanol–water partition coefficient (Wildman–Crippen LogP) is 4.12. The van der Waals surface area contributed by atoms with Crippen LogP contribution in [0.15, 0.2) is 0 Å². The first-order chi connectivity index (χ1) is 12.6. The number of unbranched alkanes of at least 4 members (excludes halogenated alkanes) is 4. The molecule has 2 heterocycles. The lowest BCUT2D eigenvalue weighted by molar-refractivity contribution is -0.137. The fraction of sp³-hybridized carbons (Fsp3) is 0.900. The van der Waals surface area contributed by atoms with E-state index in [0.29, 0.717) is 37.2 Å². The van der Waals surface area contributed by atoms with Crippen molar-refractivity contribution in [1.29, 1.82) is 0 Å². The number of carboxylic acids is 1. The van der Waals surface area contributed by atoms with Crippen molar-refractivity contribution < 1.29 is 24.2 Å². The molecule has 2 aliphatic heterocycles. The van der Waals surface area contributed by atoms with E-state index in [2.05, 4.69) is 12.2 Å². The number of nitrogens with one attached hydrogen (secondary N) is 1. The van der Waals surface area contributed by atoms with E-state index in [-0.39, 0.29) is 12.5 Å². The molecule has 0 aromatic carbocycles. The summed E-state index contributed by atoms with van der Waals surface area (Å²) in [7, 11) is 0. The van der Waals surface area contributed by atoms with Gasteiger partial charge < -0.3 is 19.9 Å². The third-order valence-corrected chi connectivity index (χ3v) is 5.75. The molecule has 6 nitrogen and oxygen atoms in total. The van der Waals surface area contributed by atoms with Gasteiger partial charge in [0, 0.05) is 13.0 Å². The lowest BCUT2D eigenvalue weighted by Gasteiger charge is -2.28. The van der Waals surface area contributed by atoms with Crippen LogP contribution in [0.2, 0.25) is 0 Å². The van der Waals surface area contributed by atoms with E-state index in [1.807, 2.05) is 0 Å². The van der Waals surface area contributed by atoms with Gasteiger partial charge in [-0.2, -0.15) is 0 Å². The van der Waals surface area contributed by atoms with Crippen LogP contribution in [-0.2, 0) is 14.3 Å². The molecule has 4 atom stereocenters. The maximum Gasteiger partial charge on any atom is 0.407 e. The normalized spacial score (nSPS) is 26.8. The number of rotatable bonds is 13. The first-order valence-electron chi connectivity index (χ1n) is 10.4. The summed E-state index contributed by atoms with van der Waals surface area (Å²) < 4.78 is 11.4. The van der Waals surface area contributed by atoms with Crippen LogP contribution in [0.25, 0.3) is 0 Å². The van der Waals surface area contributed by atoms with Gasteiger partial charge in [0.1, 0.15) is 0 Å². The molecule has 2 bridgehead atoms. The molecular formula is C20H35NO5. The maximum atomic E-state index is 11.6. The van der Waals surface area contributed by atoms with Gasteiger partial charge in [-0.25, -0.2) is 4.79 Å². The molecule has 0 aliphatic carbocycles. The highest BCUT2D eigenvalue weighted by atomic mass is 16.5. The van der Waals surface area contributed by atoms with Crippen molar-refractivity contribution in [3.63, 3.8) is 0 Å².